The molecule has 0 spiro atoms. The van der Waals surface area contributed by atoms with E-state index in [9.17, 15) is 14.4 Å². The van der Waals surface area contributed by atoms with Crippen LogP contribution in [0.25, 0.3) is 0 Å². The van der Waals surface area contributed by atoms with E-state index in [-0.39, 0.29) is 36.6 Å². The lowest BCUT2D eigenvalue weighted by Gasteiger charge is -2.41. The lowest BCUT2D eigenvalue weighted by Crippen LogP contribution is -2.40. The summed E-state index contributed by atoms with van der Waals surface area (Å²) in [7, 11) is 1.91. The SMILES string of the molecule is CCC[n+]1ccn(C(=O)O[C@@H]2C[C@H](CCC(C)[C@@H]3CC[C@@H](CCC(C)[C@@H]4CC[C@@H](C)C[C@H]4OC(=O)n4cc[n+](C)c4)C[C@H]3OC(=O)n3cc[n+](CC)c3)CC[C@H]2C(C)C)c1. The van der Waals surface area contributed by atoms with Crippen LogP contribution in [0.5, 0.6) is 0 Å². The fraction of sp³-hybridized carbons (Fsp3) is 0.750. The average molecular weight is 834 g/mol. The predicted molar refractivity (Wildman–Crippen MR) is 228 cm³/mol. The van der Waals surface area contributed by atoms with Gasteiger partial charge in [-0.2, -0.15) is 14.4 Å². The van der Waals surface area contributed by atoms with Crippen LogP contribution in [-0.4, -0.2) is 50.3 Å². The smallest absolute Gasteiger partial charge is 0.427 e. The maximum atomic E-state index is 13.6. The number of hydrogen-bond acceptors (Lipinski definition) is 6. The van der Waals surface area contributed by atoms with Gasteiger partial charge in [0.1, 0.15) is 55.5 Å². The Labute approximate surface area is 359 Å². The first-order valence-corrected chi connectivity index (χ1v) is 23.6. The zero-order valence-electron chi connectivity index (χ0n) is 38.1. The van der Waals surface area contributed by atoms with E-state index in [0.717, 1.165) is 103 Å². The van der Waals surface area contributed by atoms with Gasteiger partial charge in [-0.1, -0.05) is 73.6 Å². The van der Waals surface area contributed by atoms with Crippen LogP contribution in [0.2, 0.25) is 0 Å². The van der Waals surface area contributed by atoms with Gasteiger partial charge in [-0.05, 0) is 118 Å². The van der Waals surface area contributed by atoms with E-state index in [0.29, 0.717) is 53.3 Å². The maximum Gasteiger partial charge on any atom is 0.511 e. The van der Waals surface area contributed by atoms with Crippen LogP contribution >= 0.6 is 0 Å². The summed E-state index contributed by atoms with van der Waals surface area (Å²) in [6.45, 7) is 17.3. The first-order valence-electron chi connectivity index (χ1n) is 23.6. The Morgan fingerprint density at radius 2 is 1.08 bits per heavy atom. The van der Waals surface area contributed by atoms with Gasteiger partial charge in [0.15, 0.2) is 0 Å². The number of hydrogen-bond donors (Lipinski definition) is 0. The van der Waals surface area contributed by atoms with Crippen molar-refractivity contribution in [2.45, 2.75) is 170 Å². The summed E-state index contributed by atoms with van der Waals surface area (Å²) in [4.78, 5) is 40.0. The monoisotopic (exact) mass is 834 g/mol. The largest absolute Gasteiger partial charge is 0.511 e. The number of imidazole rings is 3. The van der Waals surface area contributed by atoms with E-state index < -0.39 is 0 Å². The van der Waals surface area contributed by atoms with Crippen LogP contribution < -0.4 is 13.7 Å². The highest BCUT2D eigenvalue weighted by molar-refractivity contribution is 5.70. The van der Waals surface area contributed by atoms with Crippen molar-refractivity contribution >= 4 is 18.3 Å². The lowest BCUT2D eigenvalue weighted by molar-refractivity contribution is -0.696. The highest BCUT2D eigenvalue weighted by Crippen LogP contribution is 2.44. The van der Waals surface area contributed by atoms with Crippen molar-refractivity contribution < 1.29 is 42.3 Å². The van der Waals surface area contributed by atoms with Crippen LogP contribution in [0.4, 0.5) is 14.4 Å². The second-order valence-corrected chi connectivity index (χ2v) is 19.6. The normalized spacial score (nSPS) is 28.2. The molecule has 6 rings (SSSR count). The van der Waals surface area contributed by atoms with Crippen molar-refractivity contribution in [3.05, 3.63) is 56.2 Å². The molecular formula is C48H77N6O6+3. The molecule has 0 saturated heterocycles. The molecule has 3 aromatic heterocycles. The Morgan fingerprint density at radius 1 is 0.617 bits per heavy atom. The summed E-state index contributed by atoms with van der Waals surface area (Å²) < 4.78 is 29.5. The zero-order valence-corrected chi connectivity index (χ0v) is 38.1. The third-order valence-electron chi connectivity index (χ3n) is 14.8. The number of rotatable bonds is 15. The minimum absolute atomic E-state index is 0.0818. The highest BCUT2D eigenvalue weighted by Gasteiger charge is 2.41. The molecule has 12 nitrogen and oxygen atoms in total. The molecule has 3 saturated carbocycles. The zero-order chi connectivity index (χ0) is 42.9. The quantitative estimate of drug-likeness (QED) is 0.112. The Balaban J connectivity index is 1.06. The molecule has 0 amide bonds. The summed E-state index contributed by atoms with van der Waals surface area (Å²) in [5.74, 6) is 3.76. The standard InChI is InChI=1S/C48H77N6O6/c1-9-21-51-24-27-54(33-51)48(57)59-44-29-38(16-19-40(44)34(3)4)14-13-37(7)42-20-17-39(30-45(42)60-47(56)53-26-23-50(10-2)32-53)15-12-36(6)41-18-11-35(5)28-43(41)58-46(55)52-25-22-49(8)31-52/h22-27,31-45H,9-21,28-30H2,1-8H3/q+3/t35-,36?,37?,38-,39-,40+,41+,42+,43-,44-,45-/m1/s1. The van der Waals surface area contributed by atoms with Crippen molar-refractivity contribution in [2.24, 2.45) is 60.3 Å². The number of aromatic nitrogens is 6. The van der Waals surface area contributed by atoms with E-state index in [2.05, 4.69) is 48.5 Å². The molecule has 11 atom stereocenters. The van der Waals surface area contributed by atoms with Crippen molar-refractivity contribution in [1.82, 2.24) is 13.7 Å². The number of aryl methyl sites for hydroxylation is 3. The van der Waals surface area contributed by atoms with E-state index in [1.807, 2.05) is 52.0 Å². The van der Waals surface area contributed by atoms with Gasteiger partial charge >= 0.3 is 18.3 Å². The fourth-order valence-corrected chi connectivity index (χ4v) is 11.0. The van der Waals surface area contributed by atoms with Gasteiger partial charge in [0, 0.05) is 0 Å². The van der Waals surface area contributed by atoms with E-state index in [1.165, 1.54) is 4.57 Å². The summed E-state index contributed by atoms with van der Waals surface area (Å²) in [6, 6.07) is 0. The van der Waals surface area contributed by atoms with Crippen LogP contribution in [0, 0.1) is 53.3 Å². The summed E-state index contributed by atoms with van der Waals surface area (Å²) in [5, 5.41) is 0. The van der Waals surface area contributed by atoms with Crippen LogP contribution in [-0.2, 0) is 34.3 Å². The van der Waals surface area contributed by atoms with Crippen molar-refractivity contribution in [2.75, 3.05) is 0 Å². The number of ether oxygens (including phenoxy) is 3. The Morgan fingerprint density at radius 3 is 1.58 bits per heavy atom. The molecule has 2 unspecified atom stereocenters. The molecule has 0 radical (unpaired) electrons. The molecule has 60 heavy (non-hydrogen) atoms. The molecule has 3 aromatic rings. The predicted octanol–water partition coefficient (Wildman–Crippen LogP) is 9.14. The Bertz CT molecular complexity index is 1830. The minimum Gasteiger partial charge on any atom is -0.427 e. The van der Waals surface area contributed by atoms with Crippen LogP contribution in [0.15, 0.2) is 56.2 Å². The van der Waals surface area contributed by atoms with Gasteiger partial charge in [-0.25, -0.2) is 13.7 Å². The van der Waals surface area contributed by atoms with E-state index >= 15 is 0 Å². The molecule has 3 fully saturated rings. The lowest BCUT2D eigenvalue weighted by atomic mass is 9.69. The number of carbonyl (C=O) groups excluding carboxylic acids is 3. The average Bonchev–Trinajstić information content (AvgIpc) is 4.01. The molecule has 0 aromatic carbocycles. The van der Waals surface area contributed by atoms with Crippen molar-refractivity contribution in [1.29, 1.82) is 0 Å². The van der Waals surface area contributed by atoms with E-state index in [1.54, 1.807) is 34.1 Å². The summed E-state index contributed by atoms with van der Waals surface area (Å²) in [5.41, 5.74) is 0. The second kappa shape index (κ2) is 21.2. The second-order valence-electron chi connectivity index (χ2n) is 19.6. The molecule has 332 valence electrons. The van der Waals surface area contributed by atoms with Gasteiger partial charge < -0.3 is 14.2 Å². The molecular weight excluding hydrogens is 757 g/mol. The maximum absolute atomic E-state index is 13.6. The van der Waals surface area contributed by atoms with Crippen molar-refractivity contribution in [3.63, 3.8) is 0 Å². The van der Waals surface area contributed by atoms with Gasteiger partial charge in [0.05, 0.1) is 20.1 Å². The molecule has 3 heterocycles. The molecule has 12 heteroatoms. The summed E-state index contributed by atoms with van der Waals surface area (Å²) >= 11 is 0. The van der Waals surface area contributed by atoms with Crippen molar-refractivity contribution in [3.8, 4) is 0 Å². The van der Waals surface area contributed by atoms with Gasteiger partial charge in [-0.15, -0.1) is 13.7 Å². The van der Waals surface area contributed by atoms with Crippen LogP contribution in [0.1, 0.15) is 138 Å². The number of carbonyl (C=O) groups is 3. The third-order valence-corrected chi connectivity index (χ3v) is 14.8. The first kappa shape index (κ1) is 45.6. The third kappa shape index (κ3) is 11.9. The first-order chi connectivity index (χ1) is 28.8. The fourth-order valence-electron chi connectivity index (χ4n) is 11.0. The van der Waals surface area contributed by atoms with Gasteiger partial charge in [-0.3, -0.25) is 0 Å². The molecule has 3 aliphatic carbocycles. The Hall–Kier alpha value is -3.96. The highest BCUT2D eigenvalue weighted by atomic mass is 16.6. The van der Waals surface area contributed by atoms with Crippen LogP contribution in [0.3, 0.4) is 0 Å². The topological polar surface area (TPSA) is 105 Å². The summed E-state index contributed by atoms with van der Waals surface area (Å²) in [6.07, 6.45) is 29.9. The van der Waals surface area contributed by atoms with Gasteiger partial charge in [0.2, 0.25) is 0 Å². The molecule has 0 N–H and O–H groups in total. The molecule has 0 bridgehead atoms. The molecule has 3 aliphatic rings. The number of nitrogens with zero attached hydrogens (tertiary/aromatic N) is 6. The van der Waals surface area contributed by atoms with Gasteiger partial charge in [0.25, 0.3) is 19.0 Å². The van der Waals surface area contributed by atoms with E-state index in [4.69, 9.17) is 14.2 Å². The minimum atomic E-state index is -0.296. The Kier molecular flexibility index (Phi) is 16.1. The molecule has 0 aliphatic heterocycles.